The molecule has 92 valence electrons. The lowest BCUT2D eigenvalue weighted by Crippen LogP contribution is -1.91. The van der Waals surface area contributed by atoms with Gasteiger partial charge < -0.3 is 0 Å². The molecule has 0 unspecified atom stereocenters. The fourth-order valence-electron chi connectivity index (χ4n) is 2.74. The van der Waals surface area contributed by atoms with Crippen molar-refractivity contribution in [2.24, 2.45) is 5.92 Å². The molecule has 0 amide bonds. The molecule has 1 heterocycles. The zero-order valence-electron chi connectivity index (χ0n) is 10.9. The van der Waals surface area contributed by atoms with E-state index in [4.69, 9.17) is 0 Å². The van der Waals surface area contributed by atoms with Gasteiger partial charge in [-0.25, -0.2) is 0 Å². The minimum Gasteiger partial charge on any atom is -0.144 e. The topological polar surface area (TPSA) is 0 Å². The third-order valence-corrected chi connectivity index (χ3v) is 4.32. The van der Waals surface area contributed by atoms with Gasteiger partial charge in [0.2, 0.25) is 0 Å². The number of benzene rings is 1. The summed E-state index contributed by atoms with van der Waals surface area (Å²) in [5.41, 5.74) is 5.94. The molecule has 2 aromatic rings. The molecule has 3 rings (SSSR count). The van der Waals surface area contributed by atoms with Crippen LogP contribution in [0, 0.1) is 5.92 Å². The summed E-state index contributed by atoms with van der Waals surface area (Å²) in [6.45, 7) is 4.59. The second-order valence-corrected chi connectivity index (χ2v) is 6.38. The molecule has 1 aromatic carbocycles. The Kier molecular flexibility index (Phi) is 3.09. The Hall–Kier alpha value is -1.34. The standard InChI is InChI=1S/C17H18S/c1-12(2)9-13-10-14-5-3-6-15(16(14)11-13)17-7-4-8-18-17/h3-8,11-12H,9-10H2,1-2H3. The highest BCUT2D eigenvalue weighted by Crippen LogP contribution is 2.37. The van der Waals surface area contributed by atoms with Gasteiger partial charge in [0.1, 0.15) is 0 Å². The van der Waals surface area contributed by atoms with Crippen LogP contribution in [0.2, 0.25) is 0 Å². The number of fused-ring (bicyclic) bond motifs is 1. The van der Waals surface area contributed by atoms with E-state index in [0.717, 1.165) is 12.3 Å². The molecule has 0 nitrogen and oxygen atoms in total. The smallest absolute Gasteiger partial charge is 0.0348 e. The zero-order valence-corrected chi connectivity index (χ0v) is 11.8. The zero-order chi connectivity index (χ0) is 12.5. The molecule has 0 radical (unpaired) electrons. The number of hydrogen-bond acceptors (Lipinski definition) is 1. The Bertz CT molecular complexity index is 574. The van der Waals surface area contributed by atoms with Gasteiger partial charge in [-0.3, -0.25) is 0 Å². The third-order valence-electron chi connectivity index (χ3n) is 3.42. The lowest BCUT2D eigenvalue weighted by molar-refractivity contribution is 0.638. The Morgan fingerprint density at radius 1 is 1.17 bits per heavy atom. The fraction of sp³-hybridized carbons (Fsp3) is 0.294. The molecule has 0 spiro atoms. The van der Waals surface area contributed by atoms with Gasteiger partial charge in [-0.15, -0.1) is 11.3 Å². The molecule has 0 bridgehead atoms. The summed E-state index contributed by atoms with van der Waals surface area (Å²) in [6.07, 6.45) is 4.79. The average Bonchev–Trinajstić information content (AvgIpc) is 2.94. The van der Waals surface area contributed by atoms with Gasteiger partial charge in [0.15, 0.2) is 0 Å². The Morgan fingerprint density at radius 3 is 2.78 bits per heavy atom. The Morgan fingerprint density at radius 2 is 2.06 bits per heavy atom. The molecule has 0 N–H and O–H groups in total. The van der Waals surface area contributed by atoms with Gasteiger partial charge in [-0.2, -0.15) is 0 Å². The summed E-state index contributed by atoms with van der Waals surface area (Å²) in [5, 5.41) is 2.16. The summed E-state index contributed by atoms with van der Waals surface area (Å²) in [6, 6.07) is 11.1. The second kappa shape index (κ2) is 4.74. The molecule has 1 heteroatoms. The fourth-order valence-corrected chi connectivity index (χ4v) is 3.51. The highest BCUT2D eigenvalue weighted by molar-refractivity contribution is 7.13. The first kappa shape index (κ1) is 11.7. The van der Waals surface area contributed by atoms with Crippen LogP contribution >= 0.6 is 11.3 Å². The van der Waals surface area contributed by atoms with Crippen molar-refractivity contribution in [3.05, 3.63) is 52.4 Å². The van der Waals surface area contributed by atoms with E-state index in [1.807, 2.05) is 11.3 Å². The lowest BCUT2D eigenvalue weighted by atomic mass is 10.0. The highest BCUT2D eigenvalue weighted by atomic mass is 32.1. The van der Waals surface area contributed by atoms with Gasteiger partial charge in [0, 0.05) is 4.88 Å². The number of allylic oxidation sites excluding steroid dienone is 1. The van der Waals surface area contributed by atoms with Gasteiger partial charge in [-0.1, -0.05) is 49.8 Å². The normalized spacial score (nSPS) is 13.8. The van der Waals surface area contributed by atoms with Crippen LogP contribution in [0.3, 0.4) is 0 Å². The van der Waals surface area contributed by atoms with E-state index in [1.54, 1.807) is 5.57 Å². The molecule has 0 saturated heterocycles. The summed E-state index contributed by atoms with van der Waals surface area (Å²) in [4.78, 5) is 1.38. The van der Waals surface area contributed by atoms with Crippen molar-refractivity contribution in [1.29, 1.82) is 0 Å². The average molecular weight is 254 g/mol. The summed E-state index contributed by atoms with van der Waals surface area (Å²) >= 11 is 1.83. The molecule has 0 atom stereocenters. The van der Waals surface area contributed by atoms with E-state index in [1.165, 1.54) is 28.0 Å². The van der Waals surface area contributed by atoms with Crippen molar-refractivity contribution in [1.82, 2.24) is 0 Å². The van der Waals surface area contributed by atoms with Crippen LogP contribution in [-0.2, 0) is 6.42 Å². The molecule has 0 saturated carbocycles. The Labute approximate surface area is 113 Å². The van der Waals surface area contributed by atoms with Crippen LogP contribution in [0.25, 0.3) is 16.5 Å². The predicted octanol–water partition coefficient (Wildman–Crippen LogP) is 5.40. The van der Waals surface area contributed by atoms with Gasteiger partial charge >= 0.3 is 0 Å². The largest absolute Gasteiger partial charge is 0.144 e. The minimum absolute atomic E-state index is 0.746. The first-order valence-corrected chi connectivity index (χ1v) is 7.47. The van der Waals surface area contributed by atoms with E-state index in [-0.39, 0.29) is 0 Å². The molecular weight excluding hydrogens is 236 g/mol. The van der Waals surface area contributed by atoms with Gasteiger partial charge in [0.25, 0.3) is 0 Å². The maximum atomic E-state index is 2.42. The SMILES string of the molecule is CC(C)CC1=Cc2c(cccc2-c2cccs2)C1. The maximum Gasteiger partial charge on any atom is 0.0348 e. The second-order valence-electron chi connectivity index (χ2n) is 5.43. The van der Waals surface area contributed by atoms with E-state index < -0.39 is 0 Å². The quantitative estimate of drug-likeness (QED) is 0.688. The molecule has 1 aromatic heterocycles. The van der Waals surface area contributed by atoms with Crippen LogP contribution in [0.15, 0.2) is 41.3 Å². The summed E-state index contributed by atoms with van der Waals surface area (Å²) < 4.78 is 0. The van der Waals surface area contributed by atoms with Crippen molar-refractivity contribution in [2.45, 2.75) is 26.7 Å². The Balaban J connectivity index is 2.01. The molecule has 1 aliphatic rings. The first-order valence-electron chi connectivity index (χ1n) is 6.59. The minimum atomic E-state index is 0.746. The van der Waals surface area contributed by atoms with E-state index >= 15 is 0 Å². The number of rotatable bonds is 3. The molecule has 1 aliphatic carbocycles. The molecule has 18 heavy (non-hydrogen) atoms. The monoisotopic (exact) mass is 254 g/mol. The lowest BCUT2D eigenvalue weighted by Gasteiger charge is -2.05. The van der Waals surface area contributed by atoms with Gasteiger partial charge in [0.05, 0.1) is 0 Å². The van der Waals surface area contributed by atoms with Crippen molar-refractivity contribution in [2.75, 3.05) is 0 Å². The van der Waals surface area contributed by atoms with Crippen LogP contribution < -0.4 is 0 Å². The van der Waals surface area contributed by atoms with Crippen LogP contribution in [0.5, 0.6) is 0 Å². The molecule has 0 aliphatic heterocycles. The molecular formula is C17H18S. The highest BCUT2D eigenvalue weighted by Gasteiger charge is 2.17. The summed E-state index contributed by atoms with van der Waals surface area (Å²) in [5.74, 6) is 0.746. The van der Waals surface area contributed by atoms with Gasteiger partial charge in [-0.05, 0) is 46.9 Å². The summed E-state index contributed by atoms with van der Waals surface area (Å²) in [7, 11) is 0. The third kappa shape index (κ3) is 2.15. The van der Waals surface area contributed by atoms with Crippen LogP contribution in [-0.4, -0.2) is 0 Å². The predicted molar refractivity (Wildman–Crippen MR) is 80.9 cm³/mol. The van der Waals surface area contributed by atoms with Crippen molar-refractivity contribution >= 4 is 17.4 Å². The molecule has 0 fully saturated rings. The van der Waals surface area contributed by atoms with Crippen molar-refractivity contribution < 1.29 is 0 Å². The van der Waals surface area contributed by atoms with Crippen LogP contribution in [0.4, 0.5) is 0 Å². The van der Waals surface area contributed by atoms with E-state index in [0.29, 0.717) is 0 Å². The van der Waals surface area contributed by atoms with Crippen molar-refractivity contribution in [3.63, 3.8) is 0 Å². The van der Waals surface area contributed by atoms with Crippen molar-refractivity contribution in [3.8, 4) is 10.4 Å². The van der Waals surface area contributed by atoms with Crippen LogP contribution in [0.1, 0.15) is 31.4 Å². The van der Waals surface area contributed by atoms with E-state index in [2.05, 4.69) is 55.6 Å². The first-order chi connectivity index (χ1) is 8.74. The maximum absolute atomic E-state index is 2.42. The number of thiophene rings is 1. The van der Waals surface area contributed by atoms with E-state index in [9.17, 15) is 0 Å². The number of hydrogen-bond donors (Lipinski definition) is 0.